The lowest BCUT2D eigenvalue weighted by atomic mass is 9.87. The monoisotopic (exact) mass is 252 g/mol. The van der Waals surface area contributed by atoms with Crippen LogP contribution in [-0.4, -0.2) is 24.1 Å². The minimum Gasteiger partial charge on any atom is -0.458 e. The van der Waals surface area contributed by atoms with Crippen LogP contribution in [0.1, 0.15) is 40.0 Å². The summed E-state index contributed by atoms with van der Waals surface area (Å²) in [6.45, 7) is 5.77. The lowest BCUT2D eigenvalue weighted by Crippen LogP contribution is -2.39. The topological polar surface area (TPSA) is 52.6 Å². The molecule has 4 unspecified atom stereocenters. The molecule has 2 bridgehead atoms. The predicted octanol–water partition coefficient (Wildman–Crippen LogP) is 1.92. The first-order valence-electron chi connectivity index (χ1n) is 6.85. The normalized spacial score (nSPS) is 41.1. The largest absolute Gasteiger partial charge is 0.458 e. The van der Waals surface area contributed by atoms with Gasteiger partial charge in [-0.15, -0.1) is 0 Å². The van der Waals surface area contributed by atoms with Crippen molar-refractivity contribution in [1.29, 1.82) is 0 Å². The van der Waals surface area contributed by atoms with Crippen molar-refractivity contribution in [3.63, 3.8) is 0 Å². The van der Waals surface area contributed by atoms with Gasteiger partial charge in [0, 0.05) is 11.8 Å². The van der Waals surface area contributed by atoms with Gasteiger partial charge in [-0.1, -0.05) is 6.92 Å². The molecule has 0 aromatic carbocycles. The van der Waals surface area contributed by atoms with Crippen LogP contribution in [0.15, 0.2) is 0 Å². The van der Waals surface area contributed by atoms with E-state index in [0.29, 0.717) is 11.8 Å². The van der Waals surface area contributed by atoms with Gasteiger partial charge in [-0.3, -0.25) is 9.59 Å². The first-order chi connectivity index (χ1) is 8.44. The Morgan fingerprint density at radius 2 is 2.17 bits per heavy atom. The van der Waals surface area contributed by atoms with Crippen molar-refractivity contribution in [2.45, 2.75) is 52.2 Å². The summed E-state index contributed by atoms with van der Waals surface area (Å²) >= 11 is 0. The molecular weight excluding hydrogens is 232 g/mol. The van der Waals surface area contributed by atoms with Crippen LogP contribution in [0.4, 0.5) is 0 Å². The molecule has 4 heteroatoms. The molecule has 1 aliphatic heterocycles. The zero-order valence-electron chi connectivity index (χ0n) is 11.1. The van der Waals surface area contributed by atoms with Crippen molar-refractivity contribution in [3.8, 4) is 0 Å². The van der Waals surface area contributed by atoms with Gasteiger partial charge in [0.1, 0.15) is 12.2 Å². The Morgan fingerprint density at radius 3 is 2.83 bits per heavy atom. The number of hydrogen-bond donors (Lipinski definition) is 0. The number of esters is 2. The SMILES string of the molecule is CCC(C)(C)C(=O)OC1C2CC3C(=O)OC1[C@H]3C2. The van der Waals surface area contributed by atoms with Crippen molar-refractivity contribution < 1.29 is 19.1 Å². The summed E-state index contributed by atoms with van der Waals surface area (Å²) in [6.07, 6.45) is 2.20. The van der Waals surface area contributed by atoms with Gasteiger partial charge in [-0.25, -0.2) is 0 Å². The molecule has 3 rings (SSSR count). The van der Waals surface area contributed by atoms with E-state index in [2.05, 4.69) is 0 Å². The molecule has 0 aromatic rings. The molecule has 1 heterocycles. The van der Waals surface area contributed by atoms with E-state index in [1.54, 1.807) is 0 Å². The van der Waals surface area contributed by atoms with E-state index in [0.717, 1.165) is 19.3 Å². The highest BCUT2D eigenvalue weighted by atomic mass is 16.6. The Bertz CT molecular complexity index is 401. The predicted molar refractivity (Wildman–Crippen MR) is 63.5 cm³/mol. The molecule has 0 aromatic heterocycles. The van der Waals surface area contributed by atoms with Gasteiger partial charge < -0.3 is 9.47 Å². The molecule has 3 fully saturated rings. The van der Waals surface area contributed by atoms with Crippen LogP contribution in [0.2, 0.25) is 0 Å². The van der Waals surface area contributed by atoms with Crippen molar-refractivity contribution in [1.82, 2.24) is 0 Å². The molecule has 1 saturated heterocycles. The fraction of sp³-hybridized carbons (Fsp3) is 0.857. The van der Waals surface area contributed by atoms with Gasteiger partial charge in [0.15, 0.2) is 0 Å². The molecular formula is C14H20O4. The second-order valence-corrected chi connectivity index (χ2v) is 6.51. The minimum atomic E-state index is -0.455. The van der Waals surface area contributed by atoms with Crippen molar-refractivity contribution in [2.75, 3.05) is 0 Å². The van der Waals surface area contributed by atoms with Crippen LogP contribution in [0.25, 0.3) is 0 Å². The van der Waals surface area contributed by atoms with Gasteiger partial charge in [0.2, 0.25) is 0 Å². The van der Waals surface area contributed by atoms with E-state index in [1.807, 2.05) is 20.8 Å². The summed E-state index contributed by atoms with van der Waals surface area (Å²) < 4.78 is 11.0. The fourth-order valence-electron chi connectivity index (χ4n) is 3.49. The first-order valence-corrected chi connectivity index (χ1v) is 6.85. The van der Waals surface area contributed by atoms with Gasteiger partial charge in [0.05, 0.1) is 11.3 Å². The van der Waals surface area contributed by atoms with E-state index in [-0.39, 0.29) is 30.1 Å². The molecule has 0 spiro atoms. The van der Waals surface area contributed by atoms with Crippen LogP contribution in [0.3, 0.4) is 0 Å². The van der Waals surface area contributed by atoms with Gasteiger partial charge in [-0.05, 0) is 33.1 Å². The number of ether oxygens (including phenoxy) is 2. The Balaban J connectivity index is 1.73. The molecule has 18 heavy (non-hydrogen) atoms. The average molecular weight is 252 g/mol. The first kappa shape index (κ1) is 12.0. The van der Waals surface area contributed by atoms with Gasteiger partial charge in [-0.2, -0.15) is 0 Å². The molecule has 0 N–H and O–H groups in total. The highest BCUT2D eigenvalue weighted by Gasteiger charge is 2.63. The van der Waals surface area contributed by atoms with Crippen LogP contribution in [0.5, 0.6) is 0 Å². The van der Waals surface area contributed by atoms with E-state index >= 15 is 0 Å². The van der Waals surface area contributed by atoms with E-state index < -0.39 is 5.41 Å². The molecule has 100 valence electrons. The third kappa shape index (κ3) is 1.50. The zero-order valence-corrected chi connectivity index (χ0v) is 11.1. The van der Waals surface area contributed by atoms with Gasteiger partial charge in [0.25, 0.3) is 0 Å². The second-order valence-electron chi connectivity index (χ2n) is 6.51. The summed E-state index contributed by atoms with van der Waals surface area (Å²) in [7, 11) is 0. The number of carbonyl (C=O) groups is 2. The Hall–Kier alpha value is -1.06. The van der Waals surface area contributed by atoms with E-state index in [9.17, 15) is 9.59 Å². The van der Waals surface area contributed by atoms with Crippen molar-refractivity contribution in [3.05, 3.63) is 0 Å². The number of rotatable bonds is 3. The van der Waals surface area contributed by atoms with Crippen molar-refractivity contribution in [2.24, 2.45) is 23.2 Å². The molecule has 4 nitrogen and oxygen atoms in total. The molecule has 3 aliphatic rings. The second kappa shape index (κ2) is 3.72. The number of fused-ring (bicyclic) bond motifs is 1. The Morgan fingerprint density at radius 1 is 1.44 bits per heavy atom. The molecule has 5 atom stereocenters. The summed E-state index contributed by atoms with van der Waals surface area (Å²) in [5, 5.41) is 0. The summed E-state index contributed by atoms with van der Waals surface area (Å²) in [5.74, 6) is 0.454. The lowest BCUT2D eigenvalue weighted by Gasteiger charge is -2.29. The quantitative estimate of drug-likeness (QED) is 0.720. The third-order valence-electron chi connectivity index (χ3n) is 5.09. The number of carbonyl (C=O) groups excluding carboxylic acids is 2. The van der Waals surface area contributed by atoms with Crippen LogP contribution < -0.4 is 0 Å². The molecule has 2 saturated carbocycles. The smallest absolute Gasteiger partial charge is 0.311 e. The maximum absolute atomic E-state index is 12.1. The summed E-state index contributed by atoms with van der Waals surface area (Å²) in [5.41, 5.74) is -0.455. The summed E-state index contributed by atoms with van der Waals surface area (Å²) in [4.78, 5) is 23.7. The molecule has 0 amide bonds. The van der Waals surface area contributed by atoms with E-state index in [4.69, 9.17) is 9.47 Å². The van der Waals surface area contributed by atoms with Crippen LogP contribution in [0, 0.1) is 23.2 Å². The van der Waals surface area contributed by atoms with Gasteiger partial charge >= 0.3 is 11.9 Å². The Kier molecular flexibility index (Phi) is 2.48. The number of hydrogen-bond acceptors (Lipinski definition) is 4. The maximum Gasteiger partial charge on any atom is 0.311 e. The van der Waals surface area contributed by atoms with E-state index in [1.165, 1.54) is 0 Å². The highest BCUT2D eigenvalue weighted by molar-refractivity contribution is 5.78. The average Bonchev–Trinajstić information content (AvgIpc) is 2.93. The minimum absolute atomic E-state index is 0.0779. The molecule has 2 aliphatic carbocycles. The summed E-state index contributed by atoms with van der Waals surface area (Å²) in [6, 6.07) is 0. The highest BCUT2D eigenvalue weighted by Crippen LogP contribution is 2.55. The van der Waals surface area contributed by atoms with Crippen molar-refractivity contribution >= 4 is 11.9 Å². The molecule has 0 radical (unpaired) electrons. The standard InChI is InChI=1S/C14H20O4/c1-4-14(2,3)13(16)18-10-7-5-8-9(6-7)12(15)17-11(8)10/h7-11H,4-6H2,1-3H3/t7?,8-,9?,10?,11?/m0/s1. The van der Waals surface area contributed by atoms with Crippen LogP contribution in [-0.2, 0) is 19.1 Å². The lowest BCUT2D eigenvalue weighted by molar-refractivity contribution is -0.170. The van der Waals surface area contributed by atoms with Crippen LogP contribution >= 0.6 is 0 Å². The fourth-order valence-corrected chi connectivity index (χ4v) is 3.49. The maximum atomic E-state index is 12.1. The third-order valence-corrected chi connectivity index (χ3v) is 5.09. The zero-order chi connectivity index (χ0) is 13.1. The Labute approximate surface area is 107 Å².